The van der Waals surface area contributed by atoms with Crippen LogP contribution < -0.4 is 0 Å². The fourth-order valence-corrected chi connectivity index (χ4v) is 1.64. The van der Waals surface area contributed by atoms with E-state index >= 15 is 0 Å². The molecule has 0 aliphatic rings. The zero-order valence-electron chi connectivity index (χ0n) is 8.60. The van der Waals surface area contributed by atoms with Gasteiger partial charge in [0, 0.05) is 6.20 Å². The van der Waals surface area contributed by atoms with Crippen LogP contribution in [0.25, 0.3) is 0 Å². The molecular formula is C11H8ClFN2O2. The summed E-state index contributed by atoms with van der Waals surface area (Å²) < 4.78 is 14.4. The molecule has 6 heteroatoms. The highest BCUT2D eigenvalue weighted by Gasteiger charge is 2.11. The molecule has 0 atom stereocenters. The molecule has 17 heavy (non-hydrogen) atoms. The van der Waals surface area contributed by atoms with Crippen LogP contribution in [0.4, 0.5) is 4.39 Å². The minimum Gasteiger partial charge on any atom is -0.478 e. The summed E-state index contributed by atoms with van der Waals surface area (Å²) in [6, 6.07) is 3.63. The predicted octanol–water partition coefficient (Wildman–Crippen LogP) is 2.42. The molecule has 0 spiro atoms. The van der Waals surface area contributed by atoms with Gasteiger partial charge in [0.05, 0.1) is 23.3 Å². The number of carbonyl (C=O) groups is 1. The zero-order valence-corrected chi connectivity index (χ0v) is 9.36. The first-order valence-corrected chi connectivity index (χ1v) is 5.14. The number of halogens is 2. The molecule has 0 fully saturated rings. The van der Waals surface area contributed by atoms with Crippen molar-refractivity contribution < 1.29 is 14.3 Å². The lowest BCUT2D eigenvalue weighted by Crippen LogP contribution is -2.08. The van der Waals surface area contributed by atoms with E-state index in [9.17, 15) is 9.18 Å². The fourth-order valence-electron chi connectivity index (χ4n) is 1.48. The molecule has 88 valence electrons. The molecule has 0 saturated heterocycles. The van der Waals surface area contributed by atoms with Gasteiger partial charge in [0.1, 0.15) is 5.82 Å². The van der Waals surface area contributed by atoms with Crippen LogP contribution in [0.15, 0.2) is 30.6 Å². The van der Waals surface area contributed by atoms with E-state index in [-0.39, 0.29) is 12.1 Å². The number of nitrogens with zero attached hydrogens (tertiary/aromatic N) is 2. The fraction of sp³-hybridized carbons (Fsp3) is 0.0909. The van der Waals surface area contributed by atoms with E-state index in [0.29, 0.717) is 10.6 Å². The minimum absolute atomic E-state index is 0.0726. The van der Waals surface area contributed by atoms with E-state index in [1.165, 1.54) is 23.0 Å². The van der Waals surface area contributed by atoms with E-state index in [1.54, 1.807) is 6.20 Å². The second-order valence-corrected chi connectivity index (χ2v) is 3.90. The van der Waals surface area contributed by atoms with E-state index in [1.807, 2.05) is 0 Å². The van der Waals surface area contributed by atoms with E-state index in [4.69, 9.17) is 16.7 Å². The van der Waals surface area contributed by atoms with Crippen LogP contribution in [0.3, 0.4) is 0 Å². The number of carboxylic acids is 1. The highest BCUT2D eigenvalue weighted by molar-refractivity contribution is 6.30. The number of carboxylic acid groups (broad SMARTS) is 1. The molecule has 4 nitrogen and oxygen atoms in total. The van der Waals surface area contributed by atoms with E-state index in [2.05, 4.69) is 5.10 Å². The maximum atomic E-state index is 12.9. The molecule has 0 aliphatic heterocycles. The molecule has 1 aromatic carbocycles. The average Bonchev–Trinajstić information content (AvgIpc) is 2.66. The molecule has 1 aromatic heterocycles. The summed E-state index contributed by atoms with van der Waals surface area (Å²) in [5, 5.41) is 13.3. The number of aromatic nitrogens is 2. The summed E-state index contributed by atoms with van der Waals surface area (Å²) in [5.41, 5.74) is 0.398. The molecular weight excluding hydrogens is 247 g/mol. The lowest BCUT2D eigenvalue weighted by molar-refractivity contribution is 0.0695. The van der Waals surface area contributed by atoms with Gasteiger partial charge in [-0.25, -0.2) is 9.18 Å². The van der Waals surface area contributed by atoms with Crippen molar-refractivity contribution in [2.75, 3.05) is 0 Å². The maximum Gasteiger partial charge on any atom is 0.336 e. The Morgan fingerprint density at radius 3 is 2.88 bits per heavy atom. The first-order valence-electron chi connectivity index (χ1n) is 4.76. The third-order valence-electron chi connectivity index (χ3n) is 2.24. The van der Waals surface area contributed by atoms with Crippen molar-refractivity contribution in [2.45, 2.75) is 6.54 Å². The standard InChI is InChI=1S/C11H8ClFN2O2/c12-8-4-14-15(6-8)5-7-1-2-9(13)3-10(7)11(16)17/h1-4,6H,5H2,(H,16,17). The summed E-state index contributed by atoms with van der Waals surface area (Å²) in [6.07, 6.45) is 3.02. The van der Waals surface area contributed by atoms with Crippen LogP contribution >= 0.6 is 11.6 Å². The van der Waals surface area contributed by atoms with Crippen LogP contribution in [0.5, 0.6) is 0 Å². The quantitative estimate of drug-likeness (QED) is 0.915. The summed E-state index contributed by atoms with van der Waals surface area (Å²) in [6.45, 7) is 0.231. The van der Waals surface area contributed by atoms with Crippen LogP contribution in [0, 0.1) is 5.82 Å². The van der Waals surface area contributed by atoms with Crippen molar-refractivity contribution in [1.29, 1.82) is 0 Å². The summed E-state index contributed by atoms with van der Waals surface area (Å²) in [5.74, 6) is -1.75. The molecule has 0 aliphatic carbocycles. The monoisotopic (exact) mass is 254 g/mol. The highest BCUT2D eigenvalue weighted by Crippen LogP contribution is 2.14. The molecule has 0 bridgehead atoms. The van der Waals surface area contributed by atoms with Crippen LogP contribution in [-0.2, 0) is 6.54 Å². The second-order valence-electron chi connectivity index (χ2n) is 3.46. The third kappa shape index (κ3) is 2.62. The lowest BCUT2D eigenvalue weighted by Gasteiger charge is -2.06. The SMILES string of the molecule is O=C(O)c1cc(F)ccc1Cn1cc(Cl)cn1. The lowest BCUT2D eigenvalue weighted by atomic mass is 10.1. The molecule has 0 amide bonds. The zero-order chi connectivity index (χ0) is 12.4. The van der Waals surface area contributed by atoms with Gasteiger partial charge in [0.2, 0.25) is 0 Å². The molecule has 0 unspecified atom stereocenters. The highest BCUT2D eigenvalue weighted by atomic mass is 35.5. The van der Waals surface area contributed by atoms with Gasteiger partial charge in [-0.1, -0.05) is 17.7 Å². The number of rotatable bonds is 3. The summed E-state index contributed by atoms with van der Waals surface area (Å²) >= 11 is 5.69. The Labute approximate surface area is 101 Å². The number of benzene rings is 1. The van der Waals surface area contributed by atoms with Crippen LogP contribution in [0.1, 0.15) is 15.9 Å². The van der Waals surface area contributed by atoms with Gasteiger partial charge < -0.3 is 5.11 Å². The van der Waals surface area contributed by atoms with Crippen molar-refractivity contribution in [2.24, 2.45) is 0 Å². The van der Waals surface area contributed by atoms with Gasteiger partial charge in [-0.05, 0) is 17.7 Å². The average molecular weight is 255 g/mol. The third-order valence-corrected chi connectivity index (χ3v) is 2.43. The van der Waals surface area contributed by atoms with Crippen molar-refractivity contribution >= 4 is 17.6 Å². The van der Waals surface area contributed by atoms with Crippen LogP contribution in [-0.4, -0.2) is 20.9 Å². The largest absolute Gasteiger partial charge is 0.478 e. The Hall–Kier alpha value is -1.88. The minimum atomic E-state index is -1.17. The maximum absolute atomic E-state index is 12.9. The molecule has 2 aromatic rings. The van der Waals surface area contributed by atoms with Gasteiger partial charge in [0.25, 0.3) is 0 Å². The number of hydrogen-bond acceptors (Lipinski definition) is 2. The van der Waals surface area contributed by atoms with Crippen molar-refractivity contribution in [1.82, 2.24) is 9.78 Å². The van der Waals surface area contributed by atoms with Crippen molar-refractivity contribution in [3.63, 3.8) is 0 Å². The second kappa shape index (κ2) is 4.55. The Morgan fingerprint density at radius 1 is 1.53 bits per heavy atom. The van der Waals surface area contributed by atoms with Gasteiger partial charge in [0.15, 0.2) is 0 Å². The normalized spacial score (nSPS) is 10.5. The first-order chi connectivity index (χ1) is 8.06. The van der Waals surface area contributed by atoms with Gasteiger partial charge in [-0.2, -0.15) is 5.10 Å². The Bertz CT molecular complexity index is 568. The van der Waals surface area contributed by atoms with E-state index in [0.717, 1.165) is 6.07 Å². The summed E-state index contributed by atoms with van der Waals surface area (Å²) in [7, 11) is 0. The van der Waals surface area contributed by atoms with Crippen molar-refractivity contribution in [3.05, 3.63) is 52.6 Å². The van der Waals surface area contributed by atoms with Crippen molar-refractivity contribution in [3.8, 4) is 0 Å². The Kier molecular flexibility index (Phi) is 3.10. The van der Waals surface area contributed by atoms with Gasteiger partial charge in [-0.3, -0.25) is 4.68 Å². The molecule has 2 rings (SSSR count). The van der Waals surface area contributed by atoms with Gasteiger partial charge >= 0.3 is 5.97 Å². The van der Waals surface area contributed by atoms with Gasteiger partial charge in [-0.15, -0.1) is 0 Å². The molecule has 1 N–H and O–H groups in total. The summed E-state index contributed by atoms with van der Waals surface area (Å²) in [4.78, 5) is 10.9. The Morgan fingerprint density at radius 2 is 2.29 bits per heavy atom. The number of aromatic carboxylic acids is 1. The smallest absolute Gasteiger partial charge is 0.336 e. The number of hydrogen-bond donors (Lipinski definition) is 1. The van der Waals surface area contributed by atoms with Crippen LogP contribution in [0.2, 0.25) is 5.02 Å². The topological polar surface area (TPSA) is 55.1 Å². The Balaban J connectivity index is 2.35. The molecule has 0 saturated carbocycles. The molecule has 1 heterocycles. The molecule has 0 radical (unpaired) electrons. The predicted molar refractivity (Wildman–Crippen MR) is 59.7 cm³/mol. The first kappa shape index (κ1) is 11.6. The van der Waals surface area contributed by atoms with E-state index < -0.39 is 11.8 Å².